The minimum absolute atomic E-state index is 0.577. The SMILES string of the molecule is Clc1ccc(C2=Nc3ccccc3C=CO2)cc1. The molecule has 2 nitrogen and oxygen atoms in total. The highest BCUT2D eigenvalue weighted by Gasteiger charge is 2.08. The highest BCUT2D eigenvalue weighted by atomic mass is 35.5. The summed E-state index contributed by atoms with van der Waals surface area (Å²) >= 11 is 5.87. The van der Waals surface area contributed by atoms with E-state index in [9.17, 15) is 0 Å². The molecule has 88 valence electrons. The molecule has 3 heteroatoms. The fourth-order valence-corrected chi connectivity index (χ4v) is 1.89. The maximum Gasteiger partial charge on any atom is 0.226 e. The van der Waals surface area contributed by atoms with Gasteiger partial charge in [0.15, 0.2) is 0 Å². The van der Waals surface area contributed by atoms with E-state index in [1.54, 1.807) is 6.26 Å². The molecule has 0 fully saturated rings. The number of hydrogen-bond donors (Lipinski definition) is 0. The normalized spacial score (nSPS) is 13.3. The smallest absolute Gasteiger partial charge is 0.226 e. The molecule has 1 aliphatic heterocycles. The fourth-order valence-electron chi connectivity index (χ4n) is 1.76. The Hall–Kier alpha value is -2.06. The van der Waals surface area contributed by atoms with Crippen LogP contribution in [0.4, 0.5) is 5.69 Å². The van der Waals surface area contributed by atoms with Crippen LogP contribution in [0.3, 0.4) is 0 Å². The topological polar surface area (TPSA) is 21.6 Å². The lowest BCUT2D eigenvalue weighted by atomic mass is 10.2. The maximum absolute atomic E-state index is 5.87. The molecule has 2 aromatic carbocycles. The summed E-state index contributed by atoms with van der Waals surface area (Å²) in [5.41, 5.74) is 2.85. The molecular weight excluding hydrogens is 246 g/mol. The van der Waals surface area contributed by atoms with Gasteiger partial charge in [-0.25, -0.2) is 4.99 Å². The second-order valence-corrected chi connectivity index (χ2v) is 4.34. The van der Waals surface area contributed by atoms with Crippen LogP contribution < -0.4 is 0 Å². The molecule has 0 aliphatic carbocycles. The molecule has 0 unspecified atom stereocenters. The van der Waals surface area contributed by atoms with E-state index in [-0.39, 0.29) is 0 Å². The Kier molecular flexibility index (Phi) is 2.87. The Morgan fingerprint density at radius 3 is 2.56 bits per heavy atom. The monoisotopic (exact) mass is 255 g/mol. The lowest BCUT2D eigenvalue weighted by Gasteiger charge is -2.04. The minimum atomic E-state index is 0.577. The number of aliphatic imine (C=N–C) groups is 1. The van der Waals surface area contributed by atoms with E-state index in [1.807, 2.05) is 54.6 Å². The maximum atomic E-state index is 5.87. The molecule has 0 spiro atoms. The Balaban J connectivity index is 2.07. The number of fused-ring (bicyclic) bond motifs is 1. The van der Waals surface area contributed by atoms with Crippen molar-refractivity contribution in [2.45, 2.75) is 0 Å². The van der Waals surface area contributed by atoms with Crippen LogP contribution in [-0.4, -0.2) is 5.90 Å². The average Bonchev–Trinajstić information content (AvgIpc) is 2.61. The summed E-state index contributed by atoms with van der Waals surface area (Å²) < 4.78 is 5.54. The molecular formula is C15H10ClNO. The first-order valence-corrected chi connectivity index (χ1v) is 5.97. The summed E-state index contributed by atoms with van der Waals surface area (Å²) in [4.78, 5) is 4.53. The van der Waals surface area contributed by atoms with E-state index in [4.69, 9.17) is 16.3 Å². The lowest BCUT2D eigenvalue weighted by Crippen LogP contribution is -2.01. The first-order chi connectivity index (χ1) is 8.83. The summed E-state index contributed by atoms with van der Waals surface area (Å²) in [5, 5.41) is 0.698. The summed E-state index contributed by atoms with van der Waals surface area (Å²) in [6, 6.07) is 15.3. The Morgan fingerprint density at radius 1 is 0.944 bits per heavy atom. The molecule has 0 bridgehead atoms. The van der Waals surface area contributed by atoms with Crippen molar-refractivity contribution in [3.05, 3.63) is 70.9 Å². The summed E-state index contributed by atoms with van der Waals surface area (Å²) in [6.45, 7) is 0. The van der Waals surface area contributed by atoms with Crippen LogP contribution in [-0.2, 0) is 4.74 Å². The number of halogens is 1. The van der Waals surface area contributed by atoms with Crippen LogP contribution in [0.5, 0.6) is 0 Å². The molecule has 0 atom stereocenters. The van der Waals surface area contributed by atoms with Gasteiger partial charge in [-0.1, -0.05) is 29.8 Å². The highest BCUT2D eigenvalue weighted by Crippen LogP contribution is 2.24. The van der Waals surface area contributed by atoms with E-state index >= 15 is 0 Å². The van der Waals surface area contributed by atoms with E-state index < -0.39 is 0 Å². The van der Waals surface area contributed by atoms with Gasteiger partial charge in [-0.3, -0.25) is 0 Å². The van der Waals surface area contributed by atoms with Crippen LogP contribution in [0.1, 0.15) is 11.1 Å². The number of para-hydroxylation sites is 1. The Bertz CT molecular complexity index is 629. The number of rotatable bonds is 1. The van der Waals surface area contributed by atoms with E-state index in [2.05, 4.69) is 4.99 Å². The molecule has 0 amide bonds. The average molecular weight is 256 g/mol. The van der Waals surface area contributed by atoms with Crippen molar-refractivity contribution in [3.8, 4) is 0 Å². The van der Waals surface area contributed by atoms with Crippen LogP contribution in [0, 0.1) is 0 Å². The van der Waals surface area contributed by atoms with Gasteiger partial charge in [0.05, 0.1) is 11.9 Å². The molecule has 0 aromatic heterocycles. The van der Waals surface area contributed by atoms with Crippen molar-refractivity contribution in [3.63, 3.8) is 0 Å². The van der Waals surface area contributed by atoms with Gasteiger partial charge < -0.3 is 4.74 Å². The highest BCUT2D eigenvalue weighted by molar-refractivity contribution is 6.30. The van der Waals surface area contributed by atoms with Gasteiger partial charge in [0.25, 0.3) is 0 Å². The van der Waals surface area contributed by atoms with Crippen molar-refractivity contribution in [2.75, 3.05) is 0 Å². The van der Waals surface area contributed by atoms with Gasteiger partial charge in [0.2, 0.25) is 5.90 Å². The number of ether oxygens (including phenoxy) is 1. The fraction of sp³-hybridized carbons (Fsp3) is 0. The minimum Gasteiger partial charge on any atom is -0.446 e. The molecule has 0 radical (unpaired) electrons. The number of benzene rings is 2. The number of nitrogens with zero attached hydrogens (tertiary/aromatic N) is 1. The molecule has 0 saturated heterocycles. The summed E-state index contributed by atoms with van der Waals surface area (Å²) in [6.07, 6.45) is 3.56. The molecule has 0 saturated carbocycles. The predicted octanol–water partition coefficient (Wildman–Crippen LogP) is 4.42. The predicted molar refractivity (Wildman–Crippen MR) is 74.2 cm³/mol. The summed E-state index contributed by atoms with van der Waals surface area (Å²) in [7, 11) is 0. The van der Waals surface area contributed by atoms with Gasteiger partial charge >= 0.3 is 0 Å². The molecule has 18 heavy (non-hydrogen) atoms. The zero-order valence-electron chi connectivity index (χ0n) is 9.51. The van der Waals surface area contributed by atoms with Crippen molar-refractivity contribution in [2.24, 2.45) is 4.99 Å². The van der Waals surface area contributed by atoms with Crippen molar-refractivity contribution in [1.29, 1.82) is 0 Å². The third-order valence-electron chi connectivity index (χ3n) is 2.68. The van der Waals surface area contributed by atoms with Gasteiger partial charge in [0.1, 0.15) is 0 Å². The van der Waals surface area contributed by atoms with Gasteiger partial charge in [-0.15, -0.1) is 0 Å². The van der Waals surface area contributed by atoms with Crippen LogP contribution in [0.15, 0.2) is 59.8 Å². The second kappa shape index (κ2) is 4.67. The van der Waals surface area contributed by atoms with E-state index in [1.165, 1.54) is 0 Å². The van der Waals surface area contributed by atoms with Crippen LogP contribution in [0.2, 0.25) is 5.02 Å². The second-order valence-electron chi connectivity index (χ2n) is 3.90. The van der Waals surface area contributed by atoms with Gasteiger partial charge in [-0.2, -0.15) is 0 Å². The Morgan fingerprint density at radius 2 is 1.72 bits per heavy atom. The first-order valence-electron chi connectivity index (χ1n) is 5.60. The van der Waals surface area contributed by atoms with Crippen molar-refractivity contribution in [1.82, 2.24) is 0 Å². The first kappa shape index (κ1) is 11.1. The Labute approximate surface area is 110 Å². The van der Waals surface area contributed by atoms with E-state index in [0.717, 1.165) is 16.8 Å². The van der Waals surface area contributed by atoms with Crippen LogP contribution >= 0.6 is 11.6 Å². The zero-order chi connectivity index (χ0) is 12.4. The third kappa shape index (κ3) is 2.15. The van der Waals surface area contributed by atoms with Crippen LogP contribution in [0.25, 0.3) is 6.08 Å². The molecule has 1 heterocycles. The molecule has 2 aromatic rings. The largest absolute Gasteiger partial charge is 0.446 e. The zero-order valence-corrected chi connectivity index (χ0v) is 10.3. The van der Waals surface area contributed by atoms with Gasteiger partial charge in [0, 0.05) is 16.1 Å². The summed E-state index contributed by atoms with van der Waals surface area (Å²) in [5.74, 6) is 0.577. The lowest BCUT2D eigenvalue weighted by molar-refractivity contribution is 0.479. The van der Waals surface area contributed by atoms with Crippen molar-refractivity contribution >= 4 is 29.3 Å². The molecule has 1 aliphatic rings. The third-order valence-corrected chi connectivity index (χ3v) is 2.93. The molecule has 3 rings (SSSR count). The quantitative estimate of drug-likeness (QED) is 0.739. The van der Waals surface area contributed by atoms with Gasteiger partial charge in [-0.05, 0) is 36.4 Å². The molecule has 0 N–H and O–H groups in total. The van der Waals surface area contributed by atoms with E-state index in [0.29, 0.717) is 10.9 Å². The van der Waals surface area contributed by atoms with Crippen molar-refractivity contribution < 1.29 is 4.74 Å². The standard InChI is InChI=1S/C15H10ClNO/c16-13-7-5-12(6-8-13)15-17-14-4-2-1-3-11(14)9-10-18-15/h1-10H. The number of hydrogen-bond acceptors (Lipinski definition) is 2.